The van der Waals surface area contributed by atoms with E-state index in [2.05, 4.69) is 6.07 Å². The molecule has 5 atom stereocenters. The SMILES string of the molecule is Cc1cc(OCc2ccccc2)c([C@@H]2O[C@H](COCc3ccccc3)C(O)(CO)[C@H](OCc3ccccc3)[C@H]2OCc2ccccc2)cc1Cc1ccc(OCF)cc1. The Morgan fingerprint density at radius 3 is 1.73 bits per heavy atom. The van der Waals surface area contributed by atoms with E-state index in [1.807, 2.05) is 146 Å². The zero-order valence-corrected chi connectivity index (χ0v) is 33.2. The molecule has 0 aromatic heterocycles. The van der Waals surface area contributed by atoms with Crippen molar-refractivity contribution in [2.75, 3.05) is 20.1 Å². The normalized spacial score (nSPS) is 20.3. The Morgan fingerprint density at radius 1 is 0.627 bits per heavy atom. The first-order valence-corrected chi connectivity index (χ1v) is 19.9. The highest BCUT2D eigenvalue weighted by Crippen LogP contribution is 2.45. The number of ether oxygens (including phenoxy) is 6. The monoisotopic (exact) mass is 798 g/mol. The second-order valence-corrected chi connectivity index (χ2v) is 14.8. The summed E-state index contributed by atoms with van der Waals surface area (Å²) in [6, 6.07) is 50.6. The van der Waals surface area contributed by atoms with Crippen LogP contribution in [0, 0.1) is 6.92 Å². The molecule has 1 heterocycles. The van der Waals surface area contributed by atoms with E-state index in [1.165, 1.54) is 0 Å². The van der Waals surface area contributed by atoms with Crippen LogP contribution in [0.3, 0.4) is 0 Å². The molecular formula is C50H51FO8. The zero-order valence-electron chi connectivity index (χ0n) is 33.2. The van der Waals surface area contributed by atoms with Gasteiger partial charge in [0, 0.05) is 5.56 Å². The summed E-state index contributed by atoms with van der Waals surface area (Å²) < 4.78 is 51.4. The minimum Gasteiger partial charge on any atom is -0.489 e. The van der Waals surface area contributed by atoms with Crippen molar-refractivity contribution in [2.45, 2.75) is 69.8 Å². The Bertz CT molecular complexity index is 2160. The van der Waals surface area contributed by atoms with Crippen LogP contribution in [-0.4, -0.2) is 54.2 Å². The number of aliphatic hydroxyl groups is 2. The van der Waals surface area contributed by atoms with Crippen LogP contribution in [0.15, 0.2) is 158 Å². The lowest BCUT2D eigenvalue weighted by Gasteiger charge is -2.51. The van der Waals surface area contributed by atoms with Crippen LogP contribution in [0.2, 0.25) is 0 Å². The molecule has 8 nitrogen and oxygen atoms in total. The van der Waals surface area contributed by atoms with Gasteiger partial charge in [0.2, 0.25) is 6.86 Å². The van der Waals surface area contributed by atoms with Gasteiger partial charge in [0.1, 0.15) is 48.1 Å². The number of halogens is 1. The molecule has 0 aliphatic carbocycles. The molecule has 6 aromatic rings. The standard InChI is InChI=1S/C50H51FO8/c1-36-26-45(55-30-39-16-8-3-9-17-39)44(28-42(36)27-37-22-24-43(25-23-37)58-35-51)47-48(56-31-40-18-10-4-11-19-40)49(57-32-41-20-12-5-13-21-41)50(53,34-52)46(59-47)33-54-29-38-14-6-2-7-15-38/h2-26,28,46-49,52-53H,27,29-35H2,1H3/t46-,47+,48+,49-,50?/m1/s1. The van der Waals surface area contributed by atoms with Gasteiger partial charge in [0.15, 0.2) is 0 Å². The van der Waals surface area contributed by atoms with Crippen molar-refractivity contribution in [3.8, 4) is 11.5 Å². The van der Waals surface area contributed by atoms with Gasteiger partial charge in [-0.25, -0.2) is 4.39 Å². The predicted octanol–water partition coefficient (Wildman–Crippen LogP) is 9.02. The quantitative estimate of drug-likeness (QED) is 0.0839. The first-order chi connectivity index (χ1) is 28.9. The molecule has 0 amide bonds. The maximum atomic E-state index is 12.9. The lowest BCUT2D eigenvalue weighted by molar-refractivity contribution is -0.310. The van der Waals surface area contributed by atoms with E-state index < -0.39 is 43.5 Å². The van der Waals surface area contributed by atoms with E-state index in [4.69, 9.17) is 28.4 Å². The smallest absolute Gasteiger partial charge is 0.228 e. The lowest BCUT2D eigenvalue weighted by atomic mass is 9.80. The third kappa shape index (κ3) is 10.8. The third-order valence-electron chi connectivity index (χ3n) is 10.7. The van der Waals surface area contributed by atoms with E-state index in [0.29, 0.717) is 30.1 Å². The van der Waals surface area contributed by atoms with Gasteiger partial charge in [-0.15, -0.1) is 0 Å². The third-order valence-corrected chi connectivity index (χ3v) is 10.7. The van der Waals surface area contributed by atoms with Gasteiger partial charge in [0.25, 0.3) is 0 Å². The number of alkyl halides is 1. The molecule has 7 rings (SSSR count). The van der Waals surface area contributed by atoms with Gasteiger partial charge in [-0.3, -0.25) is 0 Å². The van der Waals surface area contributed by atoms with E-state index in [-0.39, 0.29) is 26.4 Å². The molecule has 1 unspecified atom stereocenters. The maximum absolute atomic E-state index is 12.9. The van der Waals surface area contributed by atoms with Gasteiger partial charge >= 0.3 is 0 Å². The lowest BCUT2D eigenvalue weighted by Crippen LogP contribution is -2.67. The number of hydrogen-bond donors (Lipinski definition) is 2. The highest BCUT2D eigenvalue weighted by atomic mass is 19.1. The van der Waals surface area contributed by atoms with Crippen LogP contribution in [-0.2, 0) is 51.8 Å². The Labute approximate surface area is 345 Å². The summed E-state index contributed by atoms with van der Waals surface area (Å²) in [6.45, 7) is 1.29. The van der Waals surface area contributed by atoms with Crippen LogP contribution in [0.5, 0.6) is 11.5 Å². The van der Waals surface area contributed by atoms with Crippen molar-refractivity contribution in [2.24, 2.45) is 0 Å². The van der Waals surface area contributed by atoms with Crippen molar-refractivity contribution in [3.63, 3.8) is 0 Å². The van der Waals surface area contributed by atoms with Crippen molar-refractivity contribution in [3.05, 3.63) is 202 Å². The Morgan fingerprint density at radius 2 is 1.17 bits per heavy atom. The van der Waals surface area contributed by atoms with E-state index in [1.54, 1.807) is 12.1 Å². The fraction of sp³-hybridized carbons (Fsp3) is 0.280. The van der Waals surface area contributed by atoms with E-state index in [9.17, 15) is 14.6 Å². The van der Waals surface area contributed by atoms with Crippen LogP contribution in [0.1, 0.15) is 50.6 Å². The second kappa shape index (κ2) is 20.5. The van der Waals surface area contributed by atoms with Crippen molar-refractivity contribution < 1.29 is 43.0 Å². The summed E-state index contributed by atoms with van der Waals surface area (Å²) in [7, 11) is 0. The number of hydrogen-bond acceptors (Lipinski definition) is 8. The van der Waals surface area contributed by atoms with Gasteiger partial charge in [-0.1, -0.05) is 133 Å². The van der Waals surface area contributed by atoms with Crippen LogP contribution >= 0.6 is 0 Å². The molecule has 1 aliphatic heterocycles. The fourth-order valence-electron chi connectivity index (χ4n) is 7.43. The van der Waals surface area contributed by atoms with Crippen LogP contribution in [0.4, 0.5) is 4.39 Å². The highest BCUT2D eigenvalue weighted by molar-refractivity contribution is 5.47. The van der Waals surface area contributed by atoms with Crippen LogP contribution in [0.25, 0.3) is 0 Å². The average Bonchev–Trinajstić information content (AvgIpc) is 3.28. The summed E-state index contributed by atoms with van der Waals surface area (Å²) >= 11 is 0. The predicted molar refractivity (Wildman–Crippen MR) is 224 cm³/mol. The average molecular weight is 799 g/mol. The molecule has 1 aliphatic rings. The molecule has 6 aromatic carbocycles. The Balaban J connectivity index is 1.32. The molecule has 0 spiro atoms. The zero-order chi connectivity index (χ0) is 40.9. The molecule has 2 N–H and O–H groups in total. The second-order valence-electron chi connectivity index (χ2n) is 14.8. The van der Waals surface area contributed by atoms with Crippen LogP contribution < -0.4 is 9.47 Å². The first-order valence-electron chi connectivity index (χ1n) is 19.9. The molecular weight excluding hydrogens is 748 g/mol. The molecule has 306 valence electrons. The summed E-state index contributed by atoms with van der Waals surface area (Å²) in [5, 5.41) is 23.8. The topological polar surface area (TPSA) is 95.8 Å². The van der Waals surface area contributed by atoms with E-state index >= 15 is 0 Å². The van der Waals surface area contributed by atoms with Gasteiger partial charge < -0.3 is 38.6 Å². The summed E-state index contributed by atoms with van der Waals surface area (Å²) in [5.74, 6) is 1.03. The summed E-state index contributed by atoms with van der Waals surface area (Å²) in [6.07, 6.45) is -3.38. The number of rotatable bonds is 19. The Hall–Kier alpha value is -5.39. The number of aliphatic hydroxyl groups excluding tert-OH is 1. The molecule has 9 heteroatoms. The van der Waals surface area contributed by atoms with Crippen molar-refractivity contribution in [1.82, 2.24) is 0 Å². The van der Waals surface area contributed by atoms with Crippen molar-refractivity contribution >= 4 is 0 Å². The van der Waals surface area contributed by atoms with Gasteiger partial charge in [-0.05, 0) is 76.6 Å². The minimum atomic E-state index is -1.94. The molecule has 59 heavy (non-hydrogen) atoms. The minimum absolute atomic E-state index is 0.0503. The molecule has 0 radical (unpaired) electrons. The highest BCUT2D eigenvalue weighted by Gasteiger charge is 2.57. The number of aryl methyl sites for hydroxylation is 1. The van der Waals surface area contributed by atoms with Gasteiger partial charge in [0.05, 0.1) is 33.0 Å². The fourth-order valence-corrected chi connectivity index (χ4v) is 7.43. The largest absolute Gasteiger partial charge is 0.489 e. The van der Waals surface area contributed by atoms with E-state index in [0.717, 1.165) is 38.9 Å². The van der Waals surface area contributed by atoms with Crippen molar-refractivity contribution in [1.29, 1.82) is 0 Å². The molecule has 0 saturated carbocycles. The molecule has 1 saturated heterocycles. The van der Waals surface area contributed by atoms with Gasteiger partial charge in [-0.2, -0.15) is 0 Å². The molecule has 1 fully saturated rings. The number of benzene rings is 6. The maximum Gasteiger partial charge on any atom is 0.228 e. The molecule has 0 bridgehead atoms. The first kappa shape index (κ1) is 41.8. The Kier molecular flexibility index (Phi) is 14.5. The summed E-state index contributed by atoms with van der Waals surface area (Å²) in [5.41, 5.74) is 5.49. The summed E-state index contributed by atoms with van der Waals surface area (Å²) in [4.78, 5) is 0.